The Morgan fingerprint density at radius 1 is 1.25 bits per heavy atom. The first-order valence-electron chi connectivity index (χ1n) is 7.61. The van der Waals surface area contributed by atoms with Crippen LogP contribution in [0, 0.1) is 0 Å². The molecule has 0 radical (unpaired) electrons. The third-order valence-corrected chi connectivity index (χ3v) is 4.55. The first kappa shape index (κ1) is 18.8. The Bertz CT molecular complexity index is 560. The lowest BCUT2D eigenvalue weighted by atomic mass is 10.1. The molecule has 1 amide bonds. The summed E-state index contributed by atoms with van der Waals surface area (Å²) in [5.41, 5.74) is 0.825. The van der Waals surface area contributed by atoms with Crippen molar-refractivity contribution in [1.29, 1.82) is 0 Å². The van der Waals surface area contributed by atoms with Gasteiger partial charge < -0.3 is 14.4 Å². The van der Waals surface area contributed by atoms with Crippen molar-refractivity contribution in [3.8, 4) is 11.5 Å². The molecule has 0 atom stereocenters. The van der Waals surface area contributed by atoms with Crippen molar-refractivity contribution in [3.63, 3.8) is 0 Å². The number of methoxy groups -OCH3 is 1. The highest BCUT2D eigenvalue weighted by molar-refractivity contribution is 7.99. The molecule has 1 aliphatic rings. The van der Waals surface area contributed by atoms with Crippen molar-refractivity contribution in [2.45, 2.75) is 19.0 Å². The summed E-state index contributed by atoms with van der Waals surface area (Å²) in [7, 11) is 1.37. The molecule has 1 heterocycles. The van der Waals surface area contributed by atoms with Crippen LogP contribution in [0.5, 0.6) is 11.5 Å². The van der Waals surface area contributed by atoms with Gasteiger partial charge in [0.2, 0.25) is 5.91 Å². The molecule has 0 N–H and O–H groups in total. The fourth-order valence-electron chi connectivity index (χ4n) is 2.37. The van der Waals surface area contributed by atoms with Gasteiger partial charge in [-0.1, -0.05) is 6.07 Å². The molecule has 0 aliphatic carbocycles. The second-order valence-electron chi connectivity index (χ2n) is 5.38. The molecule has 4 nitrogen and oxygen atoms in total. The van der Waals surface area contributed by atoms with Gasteiger partial charge in [-0.05, 0) is 24.1 Å². The minimum Gasteiger partial charge on any atom is -0.493 e. The number of hydrogen-bond donors (Lipinski definition) is 0. The number of benzene rings is 1. The van der Waals surface area contributed by atoms with Gasteiger partial charge in [-0.25, -0.2) is 0 Å². The number of ether oxygens (including phenoxy) is 2. The molecule has 134 valence electrons. The number of rotatable bonds is 6. The molecule has 1 aromatic carbocycles. The summed E-state index contributed by atoms with van der Waals surface area (Å²) in [5.74, 6) is 2.30. The maximum Gasteiger partial charge on any atom is 0.422 e. The minimum absolute atomic E-state index is 0.0398. The fraction of sp³-hybridized carbons (Fsp3) is 0.562. The molecule has 0 aromatic heterocycles. The Kier molecular flexibility index (Phi) is 6.65. The Labute approximate surface area is 143 Å². The summed E-state index contributed by atoms with van der Waals surface area (Å²) in [6.07, 6.45) is -3.52. The van der Waals surface area contributed by atoms with Crippen LogP contribution in [-0.2, 0) is 11.2 Å². The minimum atomic E-state index is -4.40. The van der Waals surface area contributed by atoms with E-state index in [1.807, 2.05) is 16.7 Å². The number of hydrogen-bond acceptors (Lipinski definition) is 4. The van der Waals surface area contributed by atoms with E-state index in [4.69, 9.17) is 9.47 Å². The monoisotopic (exact) mass is 363 g/mol. The first-order chi connectivity index (χ1) is 11.4. The van der Waals surface area contributed by atoms with Crippen LogP contribution < -0.4 is 9.47 Å². The van der Waals surface area contributed by atoms with E-state index in [0.717, 1.165) is 30.2 Å². The van der Waals surface area contributed by atoms with Crippen molar-refractivity contribution in [2.24, 2.45) is 0 Å². The maximum absolute atomic E-state index is 12.2. The van der Waals surface area contributed by atoms with Crippen LogP contribution >= 0.6 is 11.8 Å². The highest BCUT2D eigenvalue weighted by Crippen LogP contribution is 2.30. The second-order valence-corrected chi connectivity index (χ2v) is 6.61. The van der Waals surface area contributed by atoms with E-state index in [1.54, 1.807) is 12.1 Å². The zero-order chi connectivity index (χ0) is 17.6. The SMILES string of the molecule is COc1cc(CCC(=O)N2CCSCC2)ccc1OCC(F)(F)F. The van der Waals surface area contributed by atoms with E-state index in [-0.39, 0.29) is 17.4 Å². The molecule has 0 unspecified atom stereocenters. The number of carbonyl (C=O) groups excluding carboxylic acids is 1. The van der Waals surface area contributed by atoms with Gasteiger partial charge >= 0.3 is 6.18 Å². The quantitative estimate of drug-likeness (QED) is 0.778. The van der Waals surface area contributed by atoms with Gasteiger partial charge in [0.1, 0.15) is 0 Å². The molecule has 2 rings (SSSR count). The van der Waals surface area contributed by atoms with Gasteiger partial charge in [-0.2, -0.15) is 24.9 Å². The molecular weight excluding hydrogens is 343 g/mol. The van der Waals surface area contributed by atoms with E-state index < -0.39 is 12.8 Å². The molecule has 8 heteroatoms. The van der Waals surface area contributed by atoms with Crippen LogP contribution in [0.4, 0.5) is 13.2 Å². The molecule has 1 aromatic rings. The number of aryl methyl sites for hydroxylation is 1. The highest BCUT2D eigenvalue weighted by Gasteiger charge is 2.29. The van der Waals surface area contributed by atoms with Crippen LogP contribution in [0.2, 0.25) is 0 Å². The topological polar surface area (TPSA) is 38.8 Å². The van der Waals surface area contributed by atoms with Gasteiger partial charge in [0.15, 0.2) is 18.1 Å². The van der Waals surface area contributed by atoms with Crippen molar-refractivity contribution >= 4 is 17.7 Å². The number of carbonyl (C=O) groups is 1. The highest BCUT2D eigenvalue weighted by atomic mass is 32.2. The zero-order valence-electron chi connectivity index (χ0n) is 13.4. The molecule has 1 saturated heterocycles. The van der Waals surface area contributed by atoms with Crippen LogP contribution in [0.25, 0.3) is 0 Å². The van der Waals surface area contributed by atoms with Gasteiger partial charge in [0, 0.05) is 31.0 Å². The van der Waals surface area contributed by atoms with E-state index in [9.17, 15) is 18.0 Å². The van der Waals surface area contributed by atoms with Gasteiger partial charge in [-0.15, -0.1) is 0 Å². The number of nitrogens with zero attached hydrogens (tertiary/aromatic N) is 1. The molecule has 0 spiro atoms. The summed E-state index contributed by atoms with van der Waals surface area (Å²) >= 11 is 1.84. The van der Waals surface area contributed by atoms with Gasteiger partial charge in [0.25, 0.3) is 0 Å². The van der Waals surface area contributed by atoms with Gasteiger partial charge in [-0.3, -0.25) is 4.79 Å². The van der Waals surface area contributed by atoms with Crippen LogP contribution in [0.1, 0.15) is 12.0 Å². The van der Waals surface area contributed by atoms with E-state index in [0.29, 0.717) is 12.8 Å². The smallest absolute Gasteiger partial charge is 0.422 e. The lowest BCUT2D eigenvalue weighted by molar-refractivity contribution is -0.153. The van der Waals surface area contributed by atoms with Gasteiger partial charge in [0.05, 0.1) is 7.11 Å². The van der Waals surface area contributed by atoms with Crippen molar-refractivity contribution in [1.82, 2.24) is 4.90 Å². The average Bonchev–Trinajstić information content (AvgIpc) is 2.58. The third-order valence-electron chi connectivity index (χ3n) is 3.61. The number of halogens is 3. The van der Waals surface area contributed by atoms with E-state index >= 15 is 0 Å². The molecule has 1 aliphatic heterocycles. The standard InChI is InChI=1S/C16H20F3NO3S/c1-22-14-10-12(2-4-13(14)23-11-16(17,18)19)3-5-15(21)20-6-8-24-9-7-20/h2,4,10H,3,5-9,11H2,1H3. The number of amides is 1. The molecule has 24 heavy (non-hydrogen) atoms. The van der Waals surface area contributed by atoms with Crippen LogP contribution in [0.15, 0.2) is 18.2 Å². The predicted molar refractivity (Wildman–Crippen MR) is 86.8 cm³/mol. The predicted octanol–water partition coefficient (Wildman–Crippen LogP) is 3.14. The van der Waals surface area contributed by atoms with Crippen molar-refractivity contribution in [2.75, 3.05) is 38.3 Å². The second kappa shape index (κ2) is 8.50. The Balaban J connectivity index is 1.92. The van der Waals surface area contributed by atoms with Crippen LogP contribution in [-0.4, -0.2) is 55.3 Å². The largest absolute Gasteiger partial charge is 0.493 e. The maximum atomic E-state index is 12.2. The first-order valence-corrected chi connectivity index (χ1v) is 8.76. The summed E-state index contributed by atoms with van der Waals surface area (Å²) in [6.45, 7) is 0.183. The van der Waals surface area contributed by atoms with Crippen molar-refractivity contribution in [3.05, 3.63) is 23.8 Å². The average molecular weight is 363 g/mol. The van der Waals surface area contributed by atoms with Crippen molar-refractivity contribution < 1.29 is 27.4 Å². The zero-order valence-corrected chi connectivity index (χ0v) is 14.2. The lowest BCUT2D eigenvalue weighted by Crippen LogP contribution is -2.37. The van der Waals surface area contributed by atoms with E-state index in [1.165, 1.54) is 13.2 Å². The Hall–Kier alpha value is -1.57. The number of alkyl halides is 3. The summed E-state index contributed by atoms with van der Waals surface area (Å²) < 4.78 is 46.5. The molecule has 1 fully saturated rings. The number of thioether (sulfide) groups is 1. The summed E-state index contributed by atoms with van der Waals surface area (Å²) in [5, 5.41) is 0. The third kappa shape index (κ3) is 5.81. The van der Waals surface area contributed by atoms with Crippen LogP contribution in [0.3, 0.4) is 0 Å². The Morgan fingerprint density at radius 2 is 1.96 bits per heavy atom. The fourth-order valence-corrected chi connectivity index (χ4v) is 3.27. The Morgan fingerprint density at radius 3 is 2.58 bits per heavy atom. The summed E-state index contributed by atoms with van der Waals surface area (Å²) in [4.78, 5) is 14.0. The molecular formula is C16H20F3NO3S. The van der Waals surface area contributed by atoms with E-state index in [2.05, 4.69) is 0 Å². The summed E-state index contributed by atoms with van der Waals surface area (Å²) in [6, 6.07) is 4.72. The molecule has 0 saturated carbocycles. The molecule has 0 bridgehead atoms. The normalized spacial score (nSPS) is 15.2. The lowest BCUT2D eigenvalue weighted by Gasteiger charge is -2.26.